The number of halogens is 1. The third-order valence-corrected chi connectivity index (χ3v) is 11.6. The Labute approximate surface area is 306 Å². The maximum Gasteiger partial charge on any atom is 0.351 e. The number of benzene rings is 3. The van der Waals surface area contributed by atoms with Crippen LogP contribution in [0.15, 0.2) is 96.3 Å². The van der Waals surface area contributed by atoms with Gasteiger partial charge in [0.2, 0.25) is 5.79 Å². The minimum absolute atomic E-state index is 0.0387. The summed E-state index contributed by atoms with van der Waals surface area (Å²) in [6.07, 6.45) is 5.43. The van der Waals surface area contributed by atoms with Gasteiger partial charge in [-0.1, -0.05) is 41.6 Å². The monoisotopic (exact) mass is 805 g/mol. The predicted molar refractivity (Wildman–Crippen MR) is 200 cm³/mol. The van der Waals surface area contributed by atoms with Crippen LogP contribution in [0.3, 0.4) is 0 Å². The summed E-state index contributed by atoms with van der Waals surface area (Å²) in [6.45, 7) is 6.62. The minimum Gasteiger partial charge on any atom is -0.491 e. The maximum atomic E-state index is 12.8. The van der Waals surface area contributed by atoms with Gasteiger partial charge in [0.15, 0.2) is 5.01 Å². The highest BCUT2D eigenvalue weighted by Gasteiger charge is 2.47. The Morgan fingerprint density at radius 2 is 1.58 bits per heavy atom. The molecule has 0 bridgehead atoms. The van der Waals surface area contributed by atoms with Crippen LogP contribution in [-0.2, 0) is 21.8 Å². The van der Waals surface area contributed by atoms with E-state index in [0.717, 1.165) is 70.6 Å². The lowest BCUT2D eigenvalue weighted by atomic mass is 10.2. The molecule has 0 saturated carbocycles. The molecule has 50 heavy (non-hydrogen) atoms. The largest absolute Gasteiger partial charge is 0.491 e. The fraction of sp³-hybridized carbons (Fsp3) is 0.343. The Morgan fingerprint density at radius 1 is 0.920 bits per heavy atom. The second kappa shape index (κ2) is 14.1. The Bertz CT molecular complexity index is 2060. The van der Waals surface area contributed by atoms with Gasteiger partial charge in [-0.15, -0.1) is 11.3 Å². The van der Waals surface area contributed by atoms with Crippen molar-refractivity contribution in [2.24, 2.45) is 0 Å². The molecular formula is C35H36IN9O4S. The van der Waals surface area contributed by atoms with Gasteiger partial charge in [0.1, 0.15) is 35.4 Å². The first-order chi connectivity index (χ1) is 24.5. The number of anilines is 2. The fourth-order valence-electron chi connectivity index (χ4n) is 6.30. The van der Waals surface area contributed by atoms with E-state index in [0.29, 0.717) is 13.2 Å². The zero-order valence-electron chi connectivity index (χ0n) is 27.4. The van der Waals surface area contributed by atoms with Crippen LogP contribution in [0.2, 0.25) is 0 Å². The number of alkyl halides is 1. The average Bonchev–Trinajstić information content (AvgIpc) is 3.99. The van der Waals surface area contributed by atoms with Crippen molar-refractivity contribution in [3.05, 3.63) is 107 Å². The molecule has 3 unspecified atom stereocenters. The summed E-state index contributed by atoms with van der Waals surface area (Å²) in [7, 11) is 0. The second-order valence-electron chi connectivity index (χ2n) is 12.2. The summed E-state index contributed by atoms with van der Waals surface area (Å²) in [6, 6.07) is 24.4. The van der Waals surface area contributed by atoms with E-state index < -0.39 is 5.79 Å². The minimum atomic E-state index is -1.10. The van der Waals surface area contributed by atoms with Crippen molar-refractivity contribution in [1.29, 1.82) is 0 Å². The summed E-state index contributed by atoms with van der Waals surface area (Å²) in [5, 5.41) is 13.6. The number of hydrogen-bond donors (Lipinski definition) is 0. The number of para-hydroxylation sites is 1. The molecule has 258 valence electrons. The highest BCUT2D eigenvalue weighted by atomic mass is 127. The average molecular weight is 806 g/mol. The van der Waals surface area contributed by atoms with E-state index >= 15 is 0 Å². The number of nitrogens with zero attached hydrogens (tertiary/aromatic N) is 9. The molecule has 3 aromatic heterocycles. The molecule has 6 aromatic rings. The van der Waals surface area contributed by atoms with Crippen molar-refractivity contribution in [1.82, 2.24) is 34.3 Å². The van der Waals surface area contributed by atoms with Crippen molar-refractivity contribution in [3.63, 3.8) is 0 Å². The van der Waals surface area contributed by atoms with Gasteiger partial charge in [-0.2, -0.15) is 20.1 Å². The van der Waals surface area contributed by atoms with Crippen LogP contribution in [0, 0.1) is 0 Å². The Morgan fingerprint density at radius 3 is 2.26 bits per heavy atom. The first-order valence-corrected chi connectivity index (χ1v) is 18.7. The van der Waals surface area contributed by atoms with E-state index in [2.05, 4.69) is 72.0 Å². The Hall–Kier alpha value is -4.32. The zero-order valence-corrected chi connectivity index (χ0v) is 30.4. The van der Waals surface area contributed by atoms with Crippen molar-refractivity contribution < 1.29 is 14.2 Å². The van der Waals surface area contributed by atoms with Gasteiger partial charge < -0.3 is 24.0 Å². The molecule has 2 fully saturated rings. The van der Waals surface area contributed by atoms with E-state index in [1.54, 1.807) is 39.4 Å². The molecule has 0 spiro atoms. The molecule has 8 rings (SSSR count). The molecule has 3 atom stereocenters. The summed E-state index contributed by atoms with van der Waals surface area (Å²) < 4.78 is 23.3. The second-order valence-corrected chi connectivity index (χ2v) is 14.7. The topological polar surface area (TPSA) is 118 Å². The van der Waals surface area contributed by atoms with E-state index in [4.69, 9.17) is 19.2 Å². The van der Waals surface area contributed by atoms with Gasteiger partial charge in [-0.25, -0.2) is 19.0 Å². The van der Waals surface area contributed by atoms with Gasteiger partial charge in [-0.3, -0.25) is 0 Å². The highest BCUT2D eigenvalue weighted by molar-refractivity contribution is 14.1. The molecule has 0 amide bonds. The van der Waals surface area contributed by atoms with E-state index in [1.807, 2.05) is 55.5 Å². The molecule has 2 aliphatic heterocycles. The van der Waals surface area contributed by atoms with Crippen molar-refractivity contribution >= 4 is 55.5 Å². The molecular weight excluding hydrogens is 769 g/mol. The molecule has 13 nitrogen and oxygen atoms in total. The van der Waals surface area contributed by atoms with E-state index in [1.165, 1.54) is 4.68 Å². The third kappa shape index (κ3) is 6.61. The van der Waals surface area contributed by atoms with Gasteiger partial charge in [0.05, 0.1) is 34.9 Å². The molecule has 3 aromatic carbocycles. The number of rotatable bonds is 11. The predicted octanol–water partition coefficient (Wildman–Crippen LogP) is 5.25. The van der Waals surface area contributed by atoms with Gasteiger partial charge >= 0.3 is 5.69 Å². The number of piperazine rings is 1. The van der Waals surface area contributed by atoms with Crippen molar-refractivity contribution in [2.45, 2.75) is 35.8 Å². The number of ether oxygens (including phenoxy) is 3. The van der Waals surface area contributed by atoms with Crippen LogP contribution in [0.1, 0.15) is 22.4 Å². The van der Waals surface area contributed by atoms with Crippen LogP contribution in [0.25, 0.3) is 15.9 Å². The normalized spacial score (nSPS) is 20.1. The van der Waals surface area contributed by atoms with Gasteiger partial charge in [0, 0.05) is 37.6 Å². The molecule has 5 heterocycles. The maximum absolute atomic E-state index is 12.8. The highest BCUT2D eigenvalue weighted by Crippen LogP contribution is 2.40. The van der Waals surface area contributed by atoms with Crippen molar-refractivity contribution in [2.75, 3.05) is 49.2 Å². The lowest BCUT2D eigenvalue weighted by Gasteiger charge is -2.37. The standard InChI is InChI=1S/C35H36IN9O4S/c1-2-32(36)45-34(46)43(24-39-45)27-9-7-25(8-10-27)41-17-19-42(20-18-41)26-11-13-28(14-12-26)47-21-29-22-48-35(49-29,23-44-37-15-16-38-44)33-40-30-5-3-4-6-31(30)50-33/h3-16,24,29,32H,2,17-23H2,1H3. The first kappa shape index (κ1) is 32.9. The lowest BCUT2D eigenvalue weighted by Crippen LogP contribution is -2.46. The summed E-state index contributed by atoms with van der Waals surface area (Å²) >= 11 is 3.80. The van der Waals surface area contributed by atoms with Crippen LogP contribution in [0.5, 0.6) is 5.75 Å². The number of hydrogen-bond acceptors (Lipinski definition) is 11. The van der Waals surface area contributed by atoms with Gasteiger partial charge in [0.25, 0.3) is 0 Å². The fourth-order valence-corrected chi connectivity index (χ4v) is 7.73. The molecule has 2 saturated heterocycles. The van der Waals surface area contributed by atoms with E-state index in [-0.39, 0.29) is 22.4 Å². The lowest BCUT2D eigenvalue weighted by molar-refractivity contribution is -0.192. The summed E-state index contributed by atoms with van der Waals surface area (Å²) in [5.74, 6) is -0.322. The van der Waals surface area contributed by atoms with Crippen molar-refractivity contribution in [3.8, 4) is 11.4 Å². The molecule has 0 N–H and O–H groups in total. The summed E-state index contributed by atoms with van der Waals surface area (Å²) in [4.78, 5) is 24.0. The Balaban J connectivity index is 0.855. The molecule has 2 aliphatic rings. The van der Waals surface area contributed by atoms with Crippen LogP contribution >= 0.6 is 33.9 Å². The molecule has 0 aliphatic carbocycles. The van der Waals surface area contributed by atoms with E-state index in [9.17, 15) is 4.79 Å². The number of thiazole rings is 1. The van der Waals surface area contributed by atoms with Crippen LogP contribution in [-0.4, -0.2) is 79.8 Å². The van der Waals surface area contributed by atoms with Crippen LogP contribution in [0.4, 0.5) is 11.4 Å². The smallest absolute Gasteiger partial charge is 0.351 e. The molecule has 0 radical (unpaired) electrons. The SMILES string of the molecule is CCC(I)n1ncn(-c2ccc(N3CCN(c4ccc(OCC5COC(Cn6nccn6)(c6nc7ccccc7s6)O5)cc4)CC3)cc2)c1=O. The Kier molecular flexibility index (Phi) is 9.28. The zero-order chi connectivity index (χ0) is 34.1. The quantitative estimate of drug-likeness (QED) is 0.127. The number of fused-ring (bicyclic) bond motifs is 1. The number of aromatic nitrogens is 7. The third-order valence-electron chi connectivity index (χ3n) is 9.00. The molecule has 15 heteroatoms. The van der Waals surface area contributed by atoms with Gasteiger partial charge in [-0.05, 0) is 67.1 Å². The first-order valence-electron chi connectivity index (χ1n) is 16.6. The summed E-state index contributed by atoms with van der Waals surface area (Å²) in [5.41, 5.74) is 3.90. The van der Waals surface area contributed by atoms with Crippen LogP contribution < -0.4 is 20.2 Å².